The lowest BCUT2D eigenvalue weighted by molar-refractivity contribution is -0.919. The van der Waals surface area contributed by atoms with Crippen LogP contribution in [0.1, 0.15) is 27.8 Å². The molecule has 1 aliphatic heterocycles. The standard InChI is InChI=1S/C19H19N3O2S/c1-13-11-17(21-24-13)20-18(23)12-22-9-7-16-15(8-10-25-16)19(22)14-5-3-2-4-6-14/h2-6,8,10-11,19H,7,9,12H2,1H3,(H,20,21,23)/p+1/t19-/m0/s1. The Morgan fingerprint density at radius 1 is 1.36 bits per heavy atom. The highest BCUT2D eigenvalue weighted by molar-refractivity contribution is 7.10. The van der Waals surface area contributed by atoms with Gasteiger partial charge in [-0.05, 0) is 18.4 Å². The Morgan fingerprint density at radius 3 is 2.96 bits per heavy atom. The van der Waals surface area contributed by atoms with Crippen LogP contribution in [0.15, 0.2) is 52.4 Å². The summed E-state index contributed by atoms with van der Waals surface area (Å²) in [6.07, 6.45) is 1.02. The van der Waals surface area contributed by atoms with Crippen molar-refractivity contribution < 1.29 is 14.2 Å². The lowest BCUT2D eigenvalue weighted by Crippen LogP contribution is -3.14. The van der Waals surface area contributed by atoms with Crippen LogP contribution in [0.3, 0.4) is 0 Å². The number of fused-ring (bicyclic) bond motifs is 1. The van der Waals surface area contributed by atoms with Crippen molar-refractivity contribution in [3.8, 4) is 0 Å². The molecule has 2 aromatic heterocycles. The maximum absolute atomic E-state index is 12.5. The number of carbonyl (C=O) groups excluding carboxylic acids is 1. The fourth-order valence-corrected chi connectivity index (χ4v) is 4.44. The quantitative estimate of drug-likeness (QED) is 0.755. The number of hydrogen-bond acceptors (Lipinski definition) is 4. The summed E-state index contributed by atoms with van der Waals surface area (Å²) in [7, 11) is 0. The van der Waals surface area contributed by atoms with Crippen LogP contribution in [0, 0.1) is 6.92 Å². The van der Waals surface area contributed by atoms with Crippen LogP contribution in [0.2, 0.25) is 0 Å². The largest absolute Gasteiger partial charge is 0.360 e. The van der Waals surface area contributed by atoms with E-state index < -0.39 is 0 Å². The predicted octanol–water partition coefficient (Wildman–Crippen LogP) is 2.21. The molecule has 1 unspecified atom stereocenters. The summed E-state index contributed by atoms with van der Waals surface area (Å²) in [5, 5.41) is 8.83. The summed E-state index contributed by atoms with van der Waals surface area (Å²) >= 11 is 1.81. The fourth-order valence-electron chi connectivity index (χ4n) is 3.52. The van der Waals surface area contributed by atoms with Gasteiger partial charge in [0.05, 0.1) is 6.54 Å². The Bertz CT molecular complexity index is 872. The summed E-state index contributed by atoms with van der Waals surface area (Å²) in [6, 6.07) is 14.6. The number of carbonyl (C=O) groups is 1. The second kappa shape index (κ2) is 6.82. The van der Waals surface area contributed by atoms with E-state index in [-0.39, 0.29) is 11.9 Å². The zero-order chi connectivity index (χ0) is 17.2. The Hall–Kier alpha value is -2.44. The van der Waals surface area contributed by atoms with Crippen LogP contribution >= 0.6 is 11.3 Å². The zero-order valence-electron chi connectivity index (χ0n) is 14.0. The Balaban J connectivity index is 1.56. The molecule has 3 aromatic rings. The second-order valence-corrected chi connectivity index (χ2v) is 7.35. The SMILES string of the molecule is Cc1cc(NC(=O)C[NH+]2CCc3sccc3[C@@H]2c2ccccc2)no1. The van der Waals surface area contributed by atoms with E-state index in [2.05, 4.69) is 46.2 Å². The molecule has 0 saturated carbocycles. The normalized spacial score (nSPS) is 19.4. The van der Waals surface area contributed by atoms with Gasteiger partial charge in [-0.1, -0.05) is 35.5 Å². The van der Waals surface area contributed by atoms with E-state index in [1.807, 2.05) is 24.3 Å². The molecular formula is C19H20N3O2S+. The van der Waals surface area contributed by atoms with Gasteiger partial charge in [0.15, 0.2) is 12.4 Å². The van der Waals surface area contributed by atoms with E-state index in [0.29, 0.717) is 18.1 Å². The minimum Gasteiger partial charge on any atom is -0.360 e. The molecule has 128 valence electrons. The van der Waals surface area contributed by atoms with Gasteiger partial charge in [0.2, 0.25) is 0 Å². The molecule has 0 fully saturated rings. The van der Waals surface area contributed by atoms with E-state index in [4.69, 9.17) is 4.52 Å². The molecule has 0 spiro atoms. The van der Waals surface area contributed by atoms with Crippen molar-refractivity contribution >= 4 is 23.1 Å². The molecule has 4 rings (SSSR count). The van der Waals surface area contributed by atoms with Crippen molar-refractivity contribution in [2.75, 3.05) is 18.4 Å². The number of thiophene rings is 1. The summed E-state index contributed by atoms with van der Waals surface area (Å²) in [5.41, 5.74) is 2.60. The lowest BCUT2D eigenvalue weighted by atomic mass is 9.93. The van der Waals surface area contributed by atoms with Crippen molar-refractivity contribution in [3.05, 3.63) is 69.6 Å². The van der Waals surface area contributed by atoms with Gasteiger partial charge in [-0.3, -0.25) is 4.79 Å². The highest BCUT2D eigenvalue weighted by Crippen LogP contribution is 2.29. The topological polar surface area (TPSA) is 59.6 Å². The Morgan fingerprint density at radius 2 is 2.20 bits per heavy atom. The minimum absolute atomic E-state index is 0.0390. The number of nitrogens with one attached hydrogen (secondary N) is 2. The van der Waals surface area contributed by atoms with Gasteiger partial charge in [-0.15, -0.1) is 11.3 Å². The van der Waals surface area contributed by atoms with E-state index in [1.54, 1.807) is 6.07 Å². The van der Waals surface area contributed by atoms with Crippen molar-refractivity contribution in [1.29, 1.82) is 0 Å². The summed E-state index contributed by atoms with van der Waals surface area (Å²) in [5.74, 6) is 1.13. The van der Waals surface area contributed by atoms with Gasteiger partial charge < -0.3 is 14.7 Å². The summed E-state index contributed by atoms with van der Waals surface area (Å²) in [4.78, 5) is 15.2. The molecule has 6 heteroatoms. The first-order valence-corrected chi connectivity index (χ1v) is 9.27. The molecule has 5 nitrogen and oxygen atoms in total. The first kappa shape index (κ1) is 16.1. The maximum atomic E-state index is 12.5. The van der Waals surface area contributed by atoms with Gasteiger partial charge in [0.25, 0.3) is 5.91 Å². The van der Waals surface area contributed by atoms with E-state index >= 15 is 0 Å². The smallest absolute Gasteiger partial charge is 0.280 e. The zero-order valence-corrected chi connectivity index (χ0v) is 14.8. The average molecular weight is 354 g/mol. The molecule has 0 aliphatic carbocycles. The molecule has 1 aromatic carbocycles. The number of amides is 1. The minimum atomic E-state index is -0.0390. The highest BCUT2D eigenvalue weighted by Gasteiger charge is 2.34. The molecule has 0 radical (unpaired) electrons. The van der Waals surface area contributed by atoms with Crippen molar-refractivity contribution in [2.24, 2.45) is 0 Å². The van der Waals surface area contributed by atoms with Crippen molar-refractivity contribution in [1.82, 2.24) is 5.16 Å². The van der Waals surface area contributed by atoms with Crippen molar-refractivity contribution in [3.63, 3.8) is 0 Å². The number of aromatic nitrogens is 1. The Kier molecular flexibility index (Phi) is 4.38. The second-order valence-electron chi connectivity index (χ2n) is 6.35. The van der Waals surface area contributed by atoms with E-state index in [0.717, 1.165) is 13.0 Å². The Labute approximate surface area is 150 Å². The van der Waals surface area contributed by atoms with Crippen LogP contribution in [0.4, 0.5) is 5.82 Å². The number of hydrogen-bond donors (Lipinski definition) is 2. The number of rotatable bonds is 4. The van der Waals surface area contributed by atoms with Gasteiger partial charge in [-0.25, -0.2) is 0 Å². The molecule has 1 aliphatic rings. The van der Waals surface area contributed by atoms with Gasteiger partial charge in [-0.2, -0.15) is 0 Å². The van der Waals surface area contributed by atoms with Gasteiger partial charge in [0, 0.05) is 28.5 Å². The third-order valence-electron chi connectivity index (χ3n) is 4.59. The van der Waals surface area contributed by atoms with E-state index in [9.17, 15) is 4.79 Å². The number of benzene rings is 1. The third-order valence-corrected chi connectivity index (χ3v) is 5.58. The third kappa shape index (κ3) is 3.36. The summed E-state index contributed by atoms with van der Waals surface area (Å²) < 4.78 is 5.01. The fraction of sp³-hybridized carbons (Fsp3) is 0.263. The predicted molar refractivity (Wildman–Crippen MR) is 96.9 cm³/mol. The molecule has 3 heterocycles. The maximum Gasteiger partial charge on any atom is 0.280 e. The van der Waals surface area contributed by atoms with E-state index in [1.165, 1.54) is 20.9 Å². The lowest BCUT2D eigenvalue weighted by Gasteiger charge is -2.32. The molecule has 0 saturated heterocycles. The molecule has 2 N–H and O–H groups in total. The average Bonchev–Trinajstić information content (AvgIpc) is 3.24. The molecule has 2 atom stereocenters. The first-order chi connectivity index (χ1) is 12.2. The van der Waals surface area contributed by atoms with Crippen LogP contribution in [0.25, 0.3) is 0 Å². The number of aryl methyl sites for hydroxylation is 1. The van der Waals surface area contributed by atoms with Gasteiger partial charge >= 0.3 is 0 Å². The number of anilines is 1. The van der Waals surface area contributed by atoms with Crippen LogP contribution in [-0.4, -0.2) is 24.2 Å². The van der Waals surface area contributed by atoms with Crippen LogP contribution in [-0.2, 0) is 11.2 Å². The molecule has 0 bridgehead atoms. The van der Waals surface area contributed by atoms with Crippen molar-refractivity contribution in [2.45, 2.75) is 19.4 Å². The molecule has 1 amide bonds. The number of nitrogens with zero attached hydrogens (tertiary/aromatic N) is 1. The first-order valence-electron chi connectivity index (χ1n) is 8.39. The molecule has 25 heavy (non-hydrogen) atoms. The monoisotopic (exact) mass is 354 g/mol. The van der Waals surface area contributed by atoms with Crippen LogP contribution in [0.5, 0.6) is 0 Å². The van der Waals surface area contributed by atoms with Crippen LogP contribution < -0.4 is 10.2 Å². The molecular weight excluding hydrogens is 334 g/mol. The number of quaternary nitrogens is 1. The summed E-state index contributed by atoms with van der Waals surface area (Å²) in [6.45, 7) is 3.15. The highest BCUT2D eigenvalue weighted by atomic mass is 32.1. The van der Waals surface area contributed by atoms with Gasteiger partial charge in [0.1, 0.15) is 11.8 Å².